The molecule has 0 saturated carbocycles. The zero-order valence-corrected chi connectivity index (χ0v) is 9.26. The van der Waals surface area contributed by atoms with Crippen LogP contribution in [0.5, 0.6) is 0 Å². The maximum absolute atomic E-state index is 10.5. The maximum atomic E-state index is 10.5. The summed E-state index contributed by atoms with van der Waals surface area (Å²) in [6, 6.07) is 17.4. The molecule has 82 valence electrons. The molecule has 0 aliphatic carbocycles. The number of rotatable bonds is 3. The van der Waals surface area contributed by atoms with Crippen LogP contribution in [0.15, 0.2) is 48.5 Å². The van der Waals surface area contributed by atoms with E-state index in [1.54, 1.807) is 6.07 Å². The first-order valence-corrected chi connectivity index (χ1v) is 5.36. The second-order valence-electron chi connectivity index (χ2n) is 3.76. The van der Waals surface area contributed by atoms with Crippen LogP contribution in [0, 0.1) is 11.3 Å². The first-order valence-electron chi connectivity index (χ1n) is 5.36. The highest BCUT2D eigenvalue weighted by Crippen LogP contribution is 2.21. The molecule has 0 N–H and O–H groups in total. The summed E-state index contributed by atoms with van der Waals surface area (Å²) in [6.45, 7) is 0. The molecule has 2 rings (SSSR count). The van der Waals surface area contributed by atoms with E-state index in [0.717, 1.165) is 23.0 Å². The fraction of sp³-hybridized carbons (Fsp3) is 0.0667. The van der Waals surface area contributed by atoms with Crippen molar-refractivity contribution in [1.29, 1.82) is 5.26 Å². The molecule has 2 heteroatoms. The van der Waals surface area contributed by atoms with E-state index in [2.05, 4.69) is 6.07 Å². The van der Waals surface area contributed by atoms with Gasteiger partial charge in [0.1, 0.15) is 6.29 Å². The predicted molar refractivity (Wildman–Crippen MR) is 66.4 cm³/mol. The van der Waals surface area contributed by atoms with E-state index in [1.807, 2.05) is 42.5 Å². The van der Waals surface area contributed by atoms with Crippen LogP contribution in [0.3, 0.4) is 0 Å². The smallest absolute Gasteiger partial charge is 0.124 e. The van der Waals surface area contributed by atoms with E-state index >= 15 is 0 Å². The minimum atomic E-state index is 0.422. The lowest BCUT2D eigenvalue weighted by molar-refractivity contribution is -0.107. The first kappa shape index (κ1) is 11.1. The van der Waals surface area contributed by atoms with E-state index < -0.39 is 0 Å². The molecule has 2 aromatic carbocycles. The normalized spacial score (nSPS) is 9.59. The van der Waals surface area contributed by atoms with Gasteiger partial charge in [0.25, 0.3) is 0 Å². The first-order chi connectivity index (χ1) is 8.33. The van der Waals surface area contributed by atoms with Crippen molar-refractivity contribution in [3.63, 3.8) is 0 Å². The van der Waals surface area contributed by atoms with E-state index in [0.29, 0.717) is 12.0 Å². The summed E-state index contributed by atoms with van der Waals surface area (Å²) < 4.78 is 0. The Hall–Kier alpha value is -2.40. The molecule has 0 radical (unpaired) electrons. The second kappa shape index (κ2) is 5.09. The molecule has 0 amide bonds. The van der Waals surface area contributed by atoms with Gasteiger partial charge in [0.15, 0.2) is 0 Å². The van der Waals surface area contributed by atoms with Crippen molar-refractivity contribution in [1.82, 2.24) is 0 Å². The van der Waals surface area contributed by atoms with Gasteiger partial charge in [-0.15, -0.1) is 0 Å². The minimum Gasteiger partial charge on any atom is -0.303 e. The highest BCUT2D eigenvalue weighted by molar-refractivity contribution is 5.67. The lowest BCUT2D eigenvalue weighted by Gasteiger charge is -2.04. The zero-order valence-electron chi connectivity index (χ0n) is 9.26. The molecule has 0 atom stereocenters. The molecule has 17 heavy (non-hydrogen) atoms. The fourth-order valence-corrected chi connectivity index (χ4v) is 1.74. The predicted octanol–water partition coefficient (Wildman–Crippen LogP) is 2.97. The average Bonchev–Trinajstić information content (AvgIpc) is 2.40. The van der Waals surface area contributed by atoms with Gasteiger partial charge in [0.2, 0.25) is 0 Å². The van der Waals surface area contributed by atoms with Crippen molar-refractivity contribution in [2.24, 2.45) is 0 Å². The molecule has 0 spiro atoms. The van der Waals surface area contributed by atoms with Crippen LogP contribution in [0.4, 0.5) is 0 Å². The topological polar surface area (TPSA) is 40.9 Å². The lowest BCUT2D eigenvalue weighted by atomic mass is 10.0. The Morgan fingerprint density at radius 3 is 2.47 bits per heavy atom. The van der Waals surface area contributed by atoms with Crippen molar-refractivity contribution in [3.05, 3.63) is 59.7 Å². The van der Waals surface area contributed by atoms with Gasteiger partial charge in [0, 0.05) is 6.42 Å². The highest BCUT2D eigenvalue weighted by Gasteiger charge is 2.00. The standard InChI is InChI=1S/C15H11NO/c16-11-13-4-2-6-15(10-13)14-5-1-3-12(9-14)7-8-17/h1-6,8-10H,7H2. The zero-order chi connectivity index (χ0) is 12.1. The fourth-order valence-electron chi connectivity index (χ4n) is 1.74. The largest absolute Gasteiger partial charge is 0.303 e. The van der Waals surface area contributed by atoms with Crippen LogP contribution in [0.2, 0.25) is 0 Å². The SMILES string of the molecule is N#Cc1cccc(-c2cccc(CC=O)c2)c1. The molecule has 2 nitrogen and oxygen atoms in total. The van der Waals surface area contributed by atoms with Gasteiger partial charge in [0.05, 0.1) is 11.6 Å². The van der Waals surface area contributed by atoms with Crippen LogP contribution >= 0.6 is 0 Å². The van der Waals surface area contributed by atoms with Crippen molar-refractivity contribution in [2.75, 3.05) is 0 Å². The number of hydrogen-bond acceptors (Lipinski definition) is 2. The number of nitriles is 1. The molecule has 0 bridgehead atoms. The van der Waals surface area contributed by atoms with Crippen LogP contribution in [0.1, 0.15) is 11.1 Å². The molecular weight excluding hydrogens is 210 g/mol. The van der Waals surface area contributed by atoms with Gasteiger partial charge in [-0.3, -0.25) is 0 Å². The van der Waals surface area contributed by atoms with Gasteiger partial charge in [-0.2, -0.15) is 5.26 Å². The molecule has 0 aromatic heterocycles. The molecule has 0 fully saturated rings. The van der Waals surface area contributed by atoms with Gasteiger partial charge in [-0.05, 0) is 28.8 Å². The van der Waals surface area contributed by atoms with Crippen molar-refractivity contribution in [3.8, 4) is 17.2 Å². The minimum absolute atomic E-state index is 0.422. The highest BCUT2D eigenvalue weighted by atomic mass is 16.1. The Morgan fingerprint density at radius 2 is 1.76 bits per heavy atom. The lowest BCUT2D eigenvalue weighted by Crippen LogP contribution is -1.87. The summed E-state index contributed by atoms with van der Waals surface area (Å²) >= 11 is 0. The molecule has 0 aliphatic heterocycles. The maximum Gasteiger partial charge on any atom is 0.124 e. The van der Waals surface area contributed by atoms with Crippen LogP contribution in [0.25, 0.3) is 11.1 Å². The van der Waals surface area contributed by atoms with Gasteiger partial charge < -0.3 is 4.79 Å². The third-order valence-corrected chi connectivity index (χ3v) is 2.57. The number of nitrogens with zero attached hydrogens (tertiary/aromatic N) is 1. The summed E-state index contributed by atoms with van der Waals surface area (Å²) in [6.07, 6.45) is 1.32. The Bertz CT molecular complexity index is 581. The second-order valence-corrected chi connectivity index (χ2v) is 3.76. The van der Waals surface area contributed by atoms with Crippen molar-refractivity contribution >= 4 is 6.29 Å². The van der Waals surface area contributed by atoms with Crippen molar-refractivity contribution in [2.45, 2.75) is 6.42 Å². The van der Waals surface area contributed by atoms with Crippen LogP contribution in [-0.2, 0) is 11.2 Å². The number of benzene rings is 2. The molecule has 0 heterocycles. The Morgan fingerprint density at radius 1 is 1.06 bits per heavy atom. The molecule has 0 aliphatic rings. The van der Waals surface area contributed by atoms with Crippen molar-refractivity contribution < 1.29 is 4.79 Å². The van der Waals surface area contributed by atoms with Gasteiger partial charge >= 0.3 is 0 Å². The number of aldehydes is 1. The molecular formula is C15H11NO. The Balaban J connectivity index is 2.42. The third kappa shape index (κ3) is 2.59. The Labute approximate surface area is 100 Å². The third-order valence-electron chi connectivity index (χ3n) is 2.57. The molecule has 2 aromatic rings. The number of carbonyl (C=O) groups excluding carboxylic acids is 1. The summed E-state index contributed by atoms with van der Waals surface area (Å²) in [7, 11) is 0. The van der Waals surface area contributed by atoms with E-state index in [1.165, 1.54) is 0 Å². The quantitative estimate of drug-likeness (QED) is 0.747. The van der Waals surface area contributed by atoms with Gasteiger partial charge in [-0.25, -0.2) is 0 Å². The molecule has 0 saturated heterocycles. The Kier molecular flexibility index (Phi) is 3.32. The number of carbonyl (C=O) groups is 1. The summed E-state index contributed by atoms with van der Waals surface area (Å²) in [4.78, 5) is 10.5. The van der Waals surface area contributed by atoms with Gasteiger partial charge in [-0.1, -0.05) is 36.4 Å². The monoisotopic (exact) mass is 221 g/mol. The number of hydrogen-bond donors (Lipinski definition) is 0. The summed E-state index contributed by atoms with van der Waals surface area (Å²) in [5.41, 5.74) is 3.65. The summed E-state index contributed by atoms with van der Waals surface area (Å²) in [5.74, 6) is 0. The van der Waals surface area contributed by atoms with Crippen LogP contribution in [-0.4, -0.2) is 6.29 Å². The average molecular weight is 221 g/mol. The molecule has 0 unspecified atom stereocenters. The summed E-state index contributed by atoms with van der Waals surface area (Å²) in [5, 5.41) is 8.85. The van der Waals surface area contributed by atoms with E-state index in [-0.39, 0.29) is 0 Å². The van der Waals surface area contributed by atoms with E-state index in [4.69, 9.17) is 5.26 Å². The van der Waals surface area contributed by atoms with E-state index in [9.17, 15) is 4.79 Å². The van der Waals surface area contributed by atoms with Crippen LogP contribution < -0.4 is 0 Å².